The first-order valence-corrected chi connectivity index (χ1v) is 7.40. The normalized spacial score (nSPS) is 14.4. The van der Waals surface area contributed by atoms with Crippen LogP contribution in [0.2, 0.25) is 0 Å². The molecule has 0 bridgehead atoms. The van der Waals surface area contributed by atoms with Crippen molar-refractivity contribution < 1.29 is 9.32 Å². The molecule has 2 heterocycles. The van der Waals surface area contributed by atoms with E-state index >= 15 is 0 Å². The number of amides is 2. The van der Waals surface area contributed by atoms with Crippen LogP contribution >= 0.6 is 0 Å². The maximum Gasteiger partial charge on any atom is 0.321 e. The third-order valence-electron chi connectivity index (χ3n) is 3.75. The molecule has 1 aliphatic rings. The Morgan fingerprint density at radius 2 is 2.09 bits per heavy atom. The van der Waals surface area contributed by atoms with E-state index in [1.54, 1.807) is 29.2 Å². The summed E-state index contributed by atoms with van der Waals surface area (Å²) in [4.78, 5) is 16.1. The number of aromatic nitrogens is 1. The van der Waals surface area contributed by atoms with Gasteiger partial charge in [0.25, 0.3) is 0 Å². The predicted molar refractivity (Wildman–Crippen MR) is 85.2 cm³/mol. The number of aryl methyl sites for hydroxylation is 1. The average Bonchev–Trinajstić information content (AvgIpc) is 3.01. The Bertz CT molecular complexity index is 741. The molecule has 0 unspecified atom stereocenters. The van der Waals surface area contributed by atoms with Crippen LogP contribution in [-0.4, -0.2) is 42.3 Å². The minimum atomic E-state index is -0.156. The zero-order chi connectivity index (χ0) is 16.2. The number of rotatable bonds is 2. The van der Waals surface area contributed by atoms with Crippen LogP contribution in [0, 0.1) is 18.3 Å². The lowest BCUT2D eigenvalue weighted by molar-refractivity contribution is 0.208. The van der Waals surface area contributed by atoms with Crippen molar-refractivity contribution in [2.75, 3.05) is 36.4 Å². The van der Waals surface area contributed by atoms with Crippen molar-refractivity contribution in [3.63, 3.8) is 0 Å². The van der Waals surface area contributed by atoms with Crippen LogP contribution in [-0.2, 0) is 0 Å². The van der Waals surface area contributed by atoms with Crippen molar-refractivity contribution in [2.24, 2.45) is 0 Å². The van der Waals surface area contributed by atoms with E-state index in [9.17, 15) is 4.79 Å². The first-order valence-electron chi connectivity index (χ1n) is 7.40. The van der Waals surface area contributed by atoms with Gasteiger partial charge in [-0.05, 0) is 25.1 Å². The van der Waals surface area contributed by atoms with Gasteiger partial charge in [0.15, 0.2) is 5.82 Å². The number of carbonyl (C=O) groups is 1. The van der Waals surface area contributed by atoms with Crippen LogP contribution in [0.1, 0.15) is 11.3 Å². The second-order valence-corrected chi connectivity index (χ2v) is 5.39. The molecule has 1 fully saturated rings. The summed E-state index contributed by atoms with van der Waals surface area (Å²) in [6, 6.07) is 10.7. The van der Waals surface area contributed by atoms with Crippen molar-refractivity contribution >= 4 is 17.5 Å². The third-order valence-corrected chi connectivity index (χ3v) is 3.75. The minimum Gasteiger partial charge on any atom is -0.360 e. The number of benzene rings is 1. The molecule has 1 aromatic heterocycles. The predicted octanol–water partition coefficient (Wildman–Crippen LogP) is 2.21. The highest BCUT2D eigenvalue weighted by Crippen LogP contribution is 2.17. The number of hydrogen-bond acceptors (Lipinski definition) is 5. The topological polar surface area (TPSA) is 85.4 Å². The summed E-state index contributed by atoms with van der Waals surface area (Å²) in [6.07, 6.45) is 0. The molecule has 0 radical (unpaired) electrons. The van der Waals surface area contributed by atoms with Gasteiger partial charge in [-0.3, -0.25) is 0 Å². The maximum atomic E-state index is 12.3. The number of urea groups is 1. The first-order chi connectivity index (χ1) is 11.2. The number of piperazine rings is 1. The van der Waals surface area contributed by atoms with Crippen molar-refractivity contribution in [1.29, 1.82) is 5.26 Å². The monoisotopic (exact) mass is 311 g/mol. The van der Waals surface area contributed by atoms with Gasteiger partial charge in [-0.2, -0.15) is 5.26 Å². The van der Waals surface area contributed by atoms with Crippen molar-refractivity contribution in [3.8, 4) is 6.07 Å². The highest BCUT2D eigenvalue weighted by Gasteiger charge is 2.22. The van der Waals surface area contributed by atoms with Crippen LogP contribution < -0.4 is 10.2 Å². The Balaban J connectivity index is 1.57. The minimum absolute atomic E-state index is 0.156. The number of anilines is 2. The van der Waals surface area contributed by atoms with Gasteiger partial charge in [0, 0.05) is 37.9 Å². The quantitative estimate of drug-likeness (QED) is 0.919. The van der Waals surface area contributed by atoms with E-state index in [1.807, 2.05) is 13.0 Å². The van der Waals surface area contributed by atoms with Gasteiger partial charge in [0.1, 0.15) is 5.76 Å². The Hall–Kier alpha value is -3.01. The summed E-state index contributed by atoms with van der Waals surface area (Å²) in [7, 11) is 0. The summed E-state index contributed by atoms with van der Waals surface area (Å²) >= 11 is 0. The molecule has 23 heavy (non-hydrogen) atoms. The first kappa shape index (κ1) is 14.9. The zero-order valence-corrected chi connectivity index (χ0v) is 12.8. The summed E-state index contributed by atoms with van der Waals surface area (Å²) in [5.74, 6) is 1.59. The van der Waals surface area contributed by atoms with Gasteiger partial charge in [0.05, 0.1) is 11.6 Å². The molecule has 0 spiro atoms. The Morgan fingerprint density at radius 1 is 1.30 bits per heavy atom. The van der Waals surface area contributed by atoms with Crippen LogP contribution in [0.3, 0.4) is 0 Å². The smallest absolute Gasteiger partial charge is 0.321 e. The fourth-order valence-electron chi connectivity index (χ4n) is 2.51. The van der Waals surface area contributed by atoms with Gasteiger partial charge >= 0.3 is 6.03 Å². The fraction of sp³-hybridized carbons (Fsp3) is 0.312. The molecule has 0 saturated carbocycles. The summed E-state index contributed by atoms with van der Waals surface area (Å²) in [5, 5.41) is 15.7. The molecule has 0 atom stereocenters. The largest absolute Gasteiger partial charge is 0.360 e. The van der Waals surface area contributed by atoms with Crippen LogP contribution in [0.5, 0.6) is 0 Å². The van der Waals surface area contributed by atoms with Crippen LogP contribution in [0.4, 0.5) is 16.3 Å². The van der Waals surface area contributed by atoms with Crippen molar-refractivity contribution in [1.82, 2.24) is 10.1 Å². The van der Waals surface area contributed by atoms with Crippen molar-refractivity contribution in [3.05, 3.63) is 41.7 Å². The molecule has 2 aromatic rings. The Kier molecular flexibility index (Phi) is 4.15. The molecular formula is C16H17N5O2. The molecule has 1 aromatic carbocycles. The second-order valence-electron chi connectivity index (χ2n) is 5.39. The lowest BCUT2D eigenvalue weighted by Gasteiger charge is -2.34. The Morgan fingerprint density at radius 3 is 2.74 bits per heavy atom. The SMILES string of the molecule is Cc1cc(N2CCN(C(=O)Nc3cccc(C#N)c3)CC2)no1. The standard InChI is InChI=1S/C16H17N5O2/c1-12-9-15(19-23-12)20-5-7-21(8-6-20)16(22)18-14-4-2-3-13(10-14)11-17/h2-4,9-10H,5-8H2,1H3,(H,18,22). The second kappa shape index (κ2) is 6.40. The molecule has 0 aliphatic carbocycles. The molecule has 1 N–H and O–H groups in total. The van der Waals surface area contributed by atoms with Gasteiger partial charge in [0.2, 0.25) is 0 Å². The van der Waals surface area contributed by atoms with E-state index in [4.69, 9.17) is 9.78 Å². The van der Waals surface area contributed by atoms with Gasteiger partial charge in [-0.1, -0.05) is 11.2 Å². The molecule has 1 aliphatic heterocycles. The van der Waals surface area contributed by atoms with E-state index in [0.717, 1.165) is 11.6 Å². The number of nitriles is 1. The van der Waals surface area contributed by atoms with E-state index in [-0.39, 0.29) is 6.03 Å². The molecule has 7 heteroatoms. The number of nitrogens with one attached hydrogen (secondary N) is 1. The molecule has 118 valence electrons. The van der Waals surface area contributed by atoms with Crippen LogP contribution in [0.15, 0.2) is 34.9 Å². The number of carbonyl (C=O) groups excluding carboxylic acids is 1. The Labute approximate surface area is 134 Å². The summed E-state index contributed by atoms with van der Waals surface area (Å²) < 4.78 is 5.08. The maximum absolute atomic E-state index is 12.3. The van der Waals surface area contributed by atoms with E-state index in [1.165, 1.54) is 0 Å². The van der Waals surface area contributed by atoms with Crippen LogP contribution in [0.25, 0.3) is 0 Å². The van der Waals surface area contributed by atoms with Gasteiger partial charge < -0.3 is 19.6 Å². The fourth-order valence-corrected chi connectivity index (χ4v) is 2.51. The summed E-state index contributed by atoms with van der Waals surface area (Å²) in [6.45, 7) is 4.48. The zero-order valence-electron chi connectivity index (χ0n) is 12.8. The lowest BCUT2D eigenvalue weighted by Crippen LogP contribution is -2.50. The van der Waals surface area contributed by atoms with Crippen molar-refractivity contribution in [2.45, 2.75) is 6.92 Å². The lowest BCUT2D eigenvalue weighted by atomic mass is 10.2. The molecule has 1 saturated heterocycles. The molecule has 2 amide bonds. The van der Waals surface area contributed by atoms with E-state index in [2.05, 4.69) is 21.4 Å². The third kappa shape index (κ3) is 3.43. The number of hydrogen-bond donors (Lipinski definition) is 1. The highest BCUT2D eigenvalue weighted by atomic mass is 16.5. The average molecular weight is 311 g/mol. The van der Waals surface area contributed by atoms with Gasteiger partial charge in [-0.25, -0.2) is 4.79 Å². The molecular weight excluding hydrogens is 294 g/mol. The summed E-state index contributed by atoms with van der Waals surface area (Å²) in [5.41, 5.74) is 1.15. The molecule has 3 rings (SSSR count). The van der Waals surface area contributed by atoms with Gasteiger partial charge in [-0.15, -0.1) is 0 Å². The number of nitrogens with zero attached hydrogens (tertiary/aromatic N) is 4. The molecule has 7 nitrogen and oxygen atoms in total. The highest BCUT2D eigenvalue weighted by molar-refractivity contribution is 5.89. The van der Waals surface area contributed by atoms with E-state index < -0.39 is 0 Å². The van der Waals surface area contributed by atoms with E-state index in [0.29, 0.717) is 37.4 Å².